The van der Waals surface area contributed by atoms with Crippen molar-refractivity contribution in [3.05, 3.63) is 94.5 Å². The Morgan fingerprint density at radius 3 is 2.15 bits per heavy atom. The zero-order chi connectivity index (χ0) is 23.4. The lowest BCUT2D eigenvalue weighted by molar-refractivity contribution is -0.119. The summed E-state index contributed by atoms with van der Waals surface area (Å²) >= 11 is 7.82. The van der Waals surface area contributed by atoms with E-state index in [1.54, 1.807) is 0 Å². The van der Waals surface area contributed by atoms with Crippen molar-refractivity contribution in [2.75, 3.05) is 32.1 Å². The quantitative estimate of drug-likeness (QED) is 0.295. The van der Waals surface area contributed by atoms with Crippen LogP contribution in [0.2, 0.25) is 5.02 Å². The van der Waals surface area contributed by atoms with Gasteiger partial charge >= 0.3 is 0 Å². The highest BCUT2D eigenvalue weighted by atomic mass is 35.5. The van der Waals surface area contributed by atoms with Crippen LogP contribution in [0.15, 0.2) is 72.8 Å². The summed E-state index contributed by atoms with van der Waals surface area (Å²) in [5, 5.41) is 1.41. The van der Waals surface area contributed by atoms with Crippen molar-refractivity contribution in [2.24, 2.45) is 0 Å². The third-order valence-electron chi connectivity index (χ3n) is 5.64. The lowest BCUT2D eigenvalue weighted by Gasteiger charge is -2.26. The summed E-state index contributed by atoms with van der Waals surface area (Å²) in [5.41, 5.74) is 3.88. The Balaban J connectivity index is 1.78. The van der Waals surface area contributed by atoms with E-state index in [4.69, 9.17) is 16.6 Å². The van der Waals surface area contributed by atoms with E-state index in [-0.39, 0.29) is 5.91 Å². The summed E-state index contributed by atoms with van der Waals surface area (Å²) in [4.78, 5) is 23.1. The molecule has 6 heteroatoms. The van der Waals surface area contributed by atoms with Crippen LogP contribution >= 0.6 is 22.9 Å². The molecule has 1 aromatic heterocycles. The van der Waals surface area contributed by atoms with Crippen LogP contribution in [-0.2, 0) is 4.79 Å². The van der Waals surface area contributed by atoms with Gasteiger partial charge in [0.25, 0.3) is 0 Å². The molecule has 0 unspecified atom stereocenters. The van der Waals surface area contributed by atoms with Gasteiger partial charge in [0.2, 0.25) is 5.91 Å². The van der Waals surface area contributed by atoms with E-state index in [9.17, 15) is 4.79 Å². The topological polar surface area (TPSA) is 36.4 Å². The van der Waals surface area contributed by atoms with Gasteiger partial charge in [-0.3, -0.25) is 9.69 Å². The predicted molar refractivity (Wildman–Crippen MR) is 140 cm³/mol. The fraction of sp³-hybridized carbons (Fsp3) is 0.259. The lowest BCUT2D eigenvalue weighted by atomic mass is 9.90. The Morgan fingerprint density at radius 1 is 0.970 bits per heavy atom. The average molecular weight is 478 g/mol. The van der Waals surface area contributed by atoms with Gasteiger partial charge in [0, 0.05) is 11.6 Å². The number of nitrogens with zero attached hydrogens (tertiary/aromatic N) is 3. The average Bonchev–Trinajstić information content (AvgIpc) is 3.22. The van der Waals surface area contributed by atoms with Crippen LogP contribution in [0.5, 0.6) is 0 Å². The molecule has 0 spiro atoms. The van der Waals surface area contributed by atoms with E-state index in [0.29, 0.717) is 11.6 Å². The third-order valence-corrected chi connectivity index (χ3v) is 6.88. The van der Waals surface area contributed by atoms with Gasteiger partial charge in [-0.05, 0) is 62.8 Å². The standard InChI is InChI=1S/C27H28ClN3OS/c1-19-17-22(28)18-23-25(19)29-27(33-23)31(16-10-15-30(2)3)26(32)24(20-11-6-4-7-12-20)21-13-8-5-9-14-21/h4-9,11-14,17-18,24H,10,15-16H2,1-3H3. The van der Waals surface area contributed by atoms with Gasteiger partial charge < -0.3 is 4.90 Å². The molecule has 0 fully saturated rings. The SMILES string of the molecule is Cc1cc(Cl)cc2sc(N(CCCN(C)C)C(=O)C(c3ccccc3)c3ccccc3)nc12. The van der Waals surface area contributed by atoms with E-state index in [1.165, 1.54) is 11.3 Å². The first-order valence-electron chi connectivity index (χ1n) is 11.1. The number of aromatic nitrogens is 1. The smallest absolute Gasteiger partial charge is 0.240 e. The van der Waals surface area contributed by atoms with Crippen LogP contribution < -0.4 is 4.90 Å². The summed E-state index contributed by atoms with van der Waals surface area (Å²) in [5.74, 6) is -0.364. The maximum Gasteiger partial charge on any atom is 0.240 e. The molecule has 3 aromatic carbocycles. The second-order valence-electron chi connectivity index (χ2n) is 8.47. The zero-order valence-electron chi connectivity index (χ0n) is 19.2. The molecule has 0 N–H and O–H groups in total. The van der Waals surface area contributed by atoms with Gasteiger partial charge in [0.05, 0.1) is 16.1 Å². The third kappa shape index (κ3) is 5.44. The molecule has 4 nitrogen and oxygen atoms in total. The Kier molecular flexibility index (Phi) is 7.43. The van der Waals surface area contributed by atoms with Crippen molar-refractivity contribution in [1.29, 1.82) is 0 Å². The first-order chi connectivity index (χ1) is 15.9. The number of anilines is 1. The van der Waals surface area contributed by atoms with Crippen molar-refractivity contribution in [3.8, 4) is 0 Å². The number of fused-ring (bicyclic) bond motifs is 1. The zero-order valence-corrected chi connectivity index (χ0v) is 20.7. The number of carbonyl (C=O) groups excluding carboxylic acids is 1. The Labute approximate surface area is 204 Å². The Hall–Kier alpha value is -2.73. The molecule has 4 aromatic rings. The number of hydrogen-bond acceptors (Lipinski definition) is 4. The number of benzene rings is 3. The molecule has 1 heterocycles. The Morgan fingerprint density at radius 2 is 1.58 bits per heavy atom. The summed E-state index contributed by atoms with van der Waals surface area (Å²) in [7, 11) is 4.10. The summed E-state index contributed by atoms with van der Waals surface area (Å²) in [6.07, 6.45) is 0.852. The molecule has 0 aliphatic rings. The van der Waals surface area contributed by atoms with Gasteiger partial charge in [0.15, 0.2) is 5.13 Å². The number of rotatable bonds is 8. The maximum absolute atomic E-state index is 14.2. The van der Waals surface area contributed by atoms with E-state index < -0.39 is 5.92 Å². The monoisotopic (exact) mass is 477 g/mol. The fourth-order valence-electron chi connectivity index (χ4n) is 4.03. The van der Waals surface area contributed by atoms with E-state index >= 15 is 0 Å². The van der Waals surface area contributed by atoms with Crippen molar-refractivity contribution < 1.29 is 4.79 Å². The summed E-state index contributed by atoms with van der Waals surface area (Å²) in [6, 6.07) is 23.8. The highest BCUT2D eigenvalue weighted by Gasteiger charge is 2.30. The minimum absolute atomic E-state index is 0.0361. The first kappa shape index (κ1) is 23.4. The van der Waals surface area contributed by atoms with E-state index in [1.807, 2.05) is 98.7 Å². The number of carbonyl (C=O) groups is 1. The lowest BCUT2D eigenvalue weighted by Crippen LogP contribution is -2.37. The van der Waals surface area contributed by atoms with Gasteiger partial charge in [-0.15, -0.1) is 0 Å². The van der Waals surface area contributed by atoms with E-state index in [2.05, 4.69) is 4.90 Å². The summed E-state index contributed by atoms with van der Waals surface area (Å²) < 4.78 is 0.997. The van der Waals surface area contributed by atoms with Crippen LogP contribution in [0, 0.1) is 6.92 Å². The molecule has 0 aliphatic heterocycles. The molecular formula is C27H28ClN3OS. The van der Waals surface area contributed by atoms with Crippen molar-refractivity contribution in [3.63, 3.8) is 0 Å². The minimum Gasteiger partial charge on any atom is -0.309 e. The van der Waals surface area contributed by atoms with E-state index in [0.717, 1.165) is 45.0 Å². The molecule has 0 aliphatic carbocycles. The highest BCUT2D eigenvalue weighted by molar-refractivity contribution is 7.22. The number of amides is 1. The minimum atomic E-state index is -0.400. The maximum atomic E-state index is 14.2. The highest BCUT2D eigenvalue weighted by Crippen LogP contribution is 2.36. The van der Waals surface area contributed by atoms with Crippen molar-refractivity contribution in [1.82, 2.24) is 9.88 Å². The molecule has 0 bridgehead atoms. The van der Waals surface area contributed by atoms with Crippen molar-refractivity contribution in [2.45, 2.75) is 19.3 Å². The molecule has 0 atom stereocenters. The second kappa shape index (κ2) is 10.5. The van der Waals surface area contributed by atoms with Crippen LogP contribution in [0.3, 0.4) is 0 Å². The Bertz CT molecular complexity index is 1180. The summed E-state index contributed by atoms with van der Waals surface area (Å²) in [6.45, 7) is 3.49. The molecule has 0 saturated heterocycles. The molecule has 0 saturated carbocycles. The fourth-order valence-corrected chi connectivity index (χ4v) is 5.48. The molecule has 33 heavy (non-hydrogen) atoms. The normalized spacial score (nSPS) is 11.5. The number of aryl methyl sites for hydroxylation is 1. The van der Waals surface area contributed by atoms with Gasteiger partial charge in [-0.2, -0.15) is 0 Å². The van der Waals surface area contributed by atoms with Crippen LogP contribution in [0.4, 0.5) is 5.13 Å². The van der Waals surface area contributed by atoms with Crippen molar-refractivity contribution >= 4 is 44.2 Å². The molecular weight excluding hydrogens is 450 g/mol. The number of hydrogen-bond donors (Lipinski definition) is 0. The van der Waals surface area contributed by atoms with Crippen LogP contribution in [0.1, 0.15) is 29.0 Å². The molecule has 1 amide bonds. The van der Waals surface area contributed by atoms with Gasteiger partial charge in [-0.25, -0.2) is 4.98 Å². The second-order valence-corrected chi connectivity index (χ2v) is 9.91. The van der Waals surface area contributed by atoms with Gasteiger partial charge in [-0.1, -0.05) is 83.6 Å². The van der Waals surface area contributed by atoms with Crippen LogP contribution in [-0.4, -0.2) is 43.0 Å². The molecule has 170 valence electrons. The van der Waals surface area contributed by atoms with Gasteiger partial charge in [0.1, 0.15) is 0 Å². The molecule has 4 rings (SSSR count). The molecule has 0 radical (unpaired) electrons. The predicted octanol–water partition coefficient (Wildman–Crippen LogP) is 6.37. The first-order valence-corrected chi connectivity index (χ1v) is 12.3. The van der Waals surface area contributed by atoms with Crippen LogP contribution in [0.25, 0.3) is 10.2 Å². The number of halogens is 1. The number of thiazole rings is 1. The largest absolute Gasteiger partial charge is 0.309 e.